The SMILES string of the molecule is CC(=O)NC1CCC(CNC(C)C)CC1. The highest BCUT2D eigenvalue weighted by molar-refractivity contribution is 5.73. The molecule has 1 rings (SSSR count). The van der Waals surface area contributed by atoms with E-state index >= 15 is 0 Å². The van der Waals surface area contributed by atoms with Crippen molar-refractivity contribution in [2.75, 3.05) is 6.54 Å². The molecule has 3 heteroatoms. The van der Waals surface area contributed by atoms with Crippen LogP contribution in [0.4, 0.5) is 0 Å². The maximum absolute atomic E-state index is 10.9. The maximum atomic E-state index is 10.9. The zero-order valence-corrected chi connectivity index (χ0v) is 10.2. The topological polar surface area (TPSA) is 41.1 Å². The summed E-state index contributed by atoms with van der Waals surface area (Å²) < 4.78 is 0. The standard InChI is InChI=1S/C12H24N2O/c1-9(2)13-8-11-4-6-12(7-5-11)14-10(3)15/h9,11-13H,4-8H2,1-3H3,(H,14,15). The van der Waals surface area contributed by atoms with Crippen LogP contribution in [0.2, 0.25) is 0 Å². The van der Waals surface area contributed by atoms with E-state index in [1.54, 1.807) is 6.92 Å². The Balaban J connectivity index is 2.15. The molecule has 0 saturated heterocycles. The van der Waals surface area contributed by atoms with Crippen LogP contribution in [0, 0.1) is 5.92 Å². The van der Waals surface area contributed by atoms with Crippen molar-refractivity contribution in [1.82, 2.24) is 10.6 Å². The predicted octanol–water partition coefficient (Wildman–Crippen LogP) is 1.68. The zero-order valence-electron chi connectivity index (χ0n) is 10.2. The highest BCUT2D eigenvalue weighted by Gasteiger charge is 2.21. The van der Waals surface area contributed by atoms with E-state index in [1.165, 1.54) is 12.8 Å². The van der Waals surface area contributed by atoms with E-state index in [1.807, 2.05) is 0 Å². The number of carbonyl (C=O) groups excluding carboxylic acids is 1. The highest BCUT2D eigenvalue weighted by Crippen LogP contribution is 2.23. The Morgan fingerprint density at radius 3 is 2.33 bits per heavy atom. The number of amides is 1. The van der Waals surface area contributed by atoms with Crippen molar-refractivity contribution < 1.29 is 4.79 Å². The maximum Gasteiger partial charge on any atom is 0.217 e. The molecule has 1 saturated carbocycles. The molecule has 1 fully saturated rings. The molecule has 1 aliphatic carbocycles. The Morgan fingerprint density at radius 1 is 1.27 bits per heavy atom. The van der Waals surface area contributed by atoms with Crippen LogP contribution < -0.4 is 10.6 Å². The van der Waals surface area contributed by atoms with Gasteiger partial charge in [0.25, 0.3) is 0 Å². The van der Waals surface area contributed by atoms with Gasteiger partial charge in [-0.3, -0.25) is 4.79 Å². The summed E-state index contributed by atoms with van der Waals surface area (Å²) in [5.41, 5.74) is 0. The fourth-order valence-corrected chi connectivity index (χ4v) is 2.20. The van der Waals surface area contributed by atoms with Crippen molar-refractivity contribution in [3.05, 3.63) is 0 Å². The van der Waals surface area contributed by atoms with Crippen molar-refractivity contribution in [3.8, 4) is 0 Å². The largest absolute Gasteiger partial charge is 0.354 e. The summed E-state index contributed by atoms with van der Waals surface area (Å²) in [7, 11) is 0. The van der Waals surface area contributed by atoms with Crippen LogP contribution in [0.5, 0.6) is 0 Å². The van der Waals surface area contributed by atoms with Gasteiger partial charge in [0.05, 0.1) is 0 Å². The van der Waals surface area contributed by atoms with E-state index in [4.69, 9.17) is 0 Å². The third-order valence-electron chi connectivity index (χ3n) is 3.07. The second-order valence-electron chi connectivity index (χ2n) is 4.98. The molecule has 15 heavy (non-hydrogen) atoms. The van der Waals surface area contributed by atoms with Gasteiger partial charge in [0, 0.05) is 19.0 Å². The lowest BCUT2D eigenvalue weighted by atomic mass is 9.86. The first-order valence-corrected chi connectivity index (χ1v) is 6.08. The van der Waals surface area contributed by atoms with E-state index in [9.17, 15) is 4.79 Å². The molecular weight excluding hydrogens is 188 g/mol. The summed E-state index contributed by atoms with van der Waals surface area (Å²) in [6, 6.07) is 1.01. The molecule has 88 valence electrons. The molecule has 0 aromatic carbocycles. The molecule has 0 aromatic rings. The van der Waals surface area contributed by atoms with Gasteiger partial charge >= 0.3 is 0 Å². The third kappa shape index (κ3) is 5.17. The van der Waals surface area contributed by atoms with Crippen LogP contribution in [0.15, 0.2) is 0 Å². The van der Waals surface area contributed by atoms with Gasteiger partial charge in [0.15, 0.2) is 0 Å². The van der Waals surface area contributed by atoms with Gasteiger partial charge in [-0.05, 0) is 38.1 Å². The van der Waals surface area contributed by atoms with Gasteiger partial charge in [-0.15, -0.1) is 0 Å². The van der Waals surface area contributed by atoms with Crippen LogP contribution in [-0.2, 0) is 4.79 Å². The van der Waals surface area contributed by atoms with Crippen LogP contribution in [0.3, 0.4) is 0 Å². The van der Waals surface area contributed by atoms with Crippen LogP contribution in [-0.4, -0.2) is 24.5 Å². The Morgan fingerprint density at radius 2 is 1.87 bits per heavy atom. The Kier molecular flexibility index (Phi) is 5.09. The summed E-state index contributed by atoms with van der Waals surface area (Å²) in [6.07, 6.45) is 4.77. The summed E-state index contributed by atoms with van der Waals surface area (Å²) in [5, 5.41) is 6.49. The van der Waals surface area contributed by atoms with E-state index < -0.39 is 0 Å². The number of hydrogen-bond donors (Lipinski definition) is 2. The summed E-state index contributed by atoms with van der Waals surface area (Å²) in [5.74, 6) is 0.913. The Labute approximate surface area is 93.0 Å². The second kappa shape index (κ2) is 6.11. The molecular formula is C12H24N2O. The van der Waals surface area contributed by atoms with Gasteiger partial charge < -0.3 is 10.6 Å². The Bertz CT molecular complexity index is 196. The van der Waals surface area contributed by atoms with Gasteiger partial charge in [-0.2, -0.15) is 0 Å². The van der Waals surface area contributed by atoms with Crippen molar-refractivity contribution >= 4 is 5.91 Å². The fourth-order valence-electron chi connectivity index (χ4n) is 2.20. The second-order valence-corrected chi connectivity index (χ2v) is 4.98. The molecule has 0 unspecified atom stereocenters. The number of carbonyl (C=O) groups is 1. The average Bonchev–Trinajstić information content (AvgIpc) is 2.16. The first kappa shape index (κ1) is 12.5. The minimum Gasteiger partial charge on any atom is -0.354 e. The lowest BCUT2D eigenvalue weighted by molar-refractivity contribution is -0.119. The van der Waals surface area contributed by atoms with Crippen LogP contribution in [0.25, 0.3) is 0 Å². The number of nitrogens with one attached hydrogen (secondary N) is 2. The minimum atomic E-state index is 0.110. The molecule has 0 atom stereocenters. The van der Waals surface area contributed by atoms with Crippen LogP contribution in [0.1, 0.15) is 46.5 Å². The molecule has 0 aliphatic heterocycles. The van der Waals surface area contributed by atoms with E-state index in [0.717, 1.165) is 25.3 Å². The quantitative estimate of drug-likeness (QED) is 0.744. The summed E-state index contributed by atoms with van der Waals surface area (Å²) in [6.45, 7) is 7.10. The van der Waals surface area contributed by atoms with E-state index in [0.29, 0.717) is 12.1 Å². The van der Waals surface area contributed by atoms with Gasteiger partial charge in [-0.1, -0.05) is 13.8 Å². The normalized spacial score (nSPS) is 26.7. The molecule has 3 nitrogen and oxygen atoms in total. The van der Waals surface area contributed by atoms with E-state index in [2.05, 4.69) is 24.5 Å². The van der Waals surface area contributed by atoms with Crippen molar-refractivity contribution in [2.45, 2.75) is 58.5 Å². The van der Waals surface area contributed by atoms with Crippen LogP contribution >= 0.6 is 0 Å². The van der Waals surface area contributed by atoms with Crippen molar-refractivity contribution in [2.24, 2.45) is 5.92 Å². The lowest BCUT2D eigenvalue weighted by Crippen LogP contribution is -2.38. The first-order valence-electron chi connectivity index (χ1n) is 6.08. The Hall–Kier alpha value is -0.570. The number of rotatable bonds is 4. The predicted molar refractivity (Wildman–Crippen MR) is 62.7 cm³/mol. The van der Waals surface area contributed by atoms with Gasteiger partial charge in [0.2, 0.25) is 5.91 Å². The molecule has 1 aliphatic rings. The van der Waals surface area contributed by atoms with Crippen molar-refractivity contribution in [1.29, 1.82) is 0 Å². The van der Waals surface area contributed by atoms with E-state index in [-0.39, 0.29) is 5.91 Å². The fraction of sp³-hybridized carbons (Fsp3) is 0.917. The first-order chi connectivity index (χ1) is 7.08. The molecule has 1 amide bonds. The molecule has 2 N–H and O–H groups in total. The molecule has 0 radical (unpaired) electrons. The van der Waals surface area contributed by atoms with Crippen molar-refractivity contribution in [3.63, 3.8) is 0 Å². The summed E-state index contributed by atoms with van der Waals surface area (Å²) in [4.78, 5) is 10.9. The highest BCUT2D eigenvalue weighted by atomic mass is 16.1. The third-order valence-corrected chi connectivity index (χ3v) is 3.07. The van der Waals surface area contributed by atoms with Gasteiger partial charge in [-0.25, -0.2) is 0 Å². The smallest absolute Gasteiger partial charge is 0.217 e. The zero-order chi connectivity index (χ0) is 11.3. The summed E-state index contributed by atoms with van der Waals surface area (Å²) >= 11 is 0. The average molecular weight is 212 g/mol. The minimum absolute atomic E-state index is 0.110. The molecule has 0 aromatic heterocycles. The number of hydrogen-bond acceptors (Lipinski definition) is 2. The molecule has 0 spiro atoms. The van der Waals surface area contributed by atoms with Gasteiger partial charge in [0.1, 0.15) is 0 Å². The molecule has 0 bridgehead atoms. The molecule has 0 heterocycles. The lowest BCUT2D eigenvalue weighted by Gasteiger charge is -2.29. The monoisotopic (exact) mass is 212 g/mol.